The minimum atomic E-state index is -0.399. The molecule has 0 atom stereocenters. The van der Waals surface area contributed by atoms with E-state index in [1.54, 1.807) is 19.9 Å². The Labute approximate surface area is 104 Å². The van der Waals surface area contributed by atoms with Crippen LogP contribution in [0.4, 0.5) is 5.69 Å². The first-order valence-electron chi connectivity index (χ1n) is 4.84. The number of hydrogen-bond acceptors (Lipinski definition) is 4. The summed E-state index contributed by atoms with van der Waals surface area (Å²) in [7, 11) is 0. The molecule has 2 N–H and O–H groups in total. The number of aryl methyl sites for hydroxylation is 2. The lowest BCUT2D eigenvalue weighted by atomic mass is 10.0. The summed E-state index contributed by atoms with van der Waals surface area (Å²) in [6.07, 6.45) is 0.403. The molecule has 0 spiro atoms. The molecule has 0 saturated carbocycles. The van der Waals surface area contributed by atoms with Gasteiger partial charge < -0.3 is 5.84 Å². The van der Waals surface area contributed by atoms with Crippen LogP contribution in [-0.2, 0) is 6.42 Å². The number of thiocarbonyl (C=S) groups is 1. The van der Waals surface area contributed by atoms with Gasteiger partial charge in [-0.05, 0) is 31.0 Å². The molecule has 0 saturated heterocycles. The zero-order chi connectivity index (χ0) is 13.0. The Bertz CT molecular complexity index is 499. The molecular formula is C10H12N4O2S. The third-order valence-electron chi connectivity index (χ3n) is 2.36. The summed E-state index contributed by atoms with van der Waals surface area (Å²) in [5.74, 6) is 4.90. The van der Waals surface area contributed by atoms with Gasteiger partial charge in [-0.15, -0.1) is 5.11 Å². The highest BCUT2D eigenvalue weighted by Crippen LogP contribution is 2.23. The maximum absolute atomic E-state index is 10.7. The van der Waals surface area contributed by atoms with Crippen LogP contribution in [0.5, 0.6) is 0 Å². The number of nitrogens with two attached hydrogens (primary N) is 1. The van der Waals surface area contributed by atoms with Crippen molar-refractivity contribution in [1.29, 1.82) is 0 Å². The van der Waals surface area contributed by atoms with Crippen molar-refractivity contribution >= 4 is 22.9 Å². The van der Waals surface area contributed by atoms with Gasteiger partial charge in [-0.2, -0.15) is 0 Å². The summed E-state index contributed by atoms with van der Waals surface area (Å²) in [6.45, 7) is 3.48. The van der Waals surface area contributed by atoms with E-state index in [1.165, 1.54) is 6.07 Å². The highest BCUT2D eigenvalue weighted by molar-refractivity contribution is 7.80. The molecule has 7 heteroatoms. The van der Waals surface area contributed by atoms with Gasteiger partial charge in [0.2, 0.25) is 0 Å². The number of nitro benzene ring substituents is 1. The fraction of sp³-hybridized carbons (Fsp3) is 0.300. The van der Waals surface area contributed by atoms with Crippen LogP contribution in [0, 0.1) is 24.0 Å². The van der Waals surface area contributed by atoms with Crippen molar-refractivity contribution in [1.82, 2.24) is 0 Å². The third kappa shape index (κ3) is 3.28. The molecule has 0 aliphatic carbocycles. The smallest absolute Gasteiger partial charge is 0.272 e. The number of rotatable bonds is 3. The molecule has 1 aromatic rings. The van der Waals surface area contributed by atoms with Crippen LogP contribution in [0.1, 0.15) is 16.7 Å². The van der Waals surface area contributed by atoms with E-state index in [4.69, 9.17) is 18.1 Å². The maximum Gasteiger partial charge on any atom is 0.272 e. The second-order valence-electron chi connectivity index (χ2n) is 3.61. The quantitative estimate of drug-likeness (QED) is 0.294. The molecule has 1 aromatic carbocycles. The second-order valence-corrected chi connectivity index (χ2v) is 4.08. The van der Waals surface area contributed by atoms with Gasteiger partial charge in [0.1, 0.15) is 4.99 Å². The van der Waals surface area contributed by atoms with E-state index in [9.17, 15) is 10.1 Å². The Morgan fingerprint density at radius 3 is 2.65 bits per heavy atom. The number of nitro groups is 1. The second kappa shape index (κ2) is 5.44. The molecule has 0 radical (unpaired) electrons. The Kier molecular flexibility index (Phi) is 4.22. The van der Waals surface area contributed by atoms with Gasteiger partial charge in [-0.1, -0.05) is 17.4 Å². The van der Waals surface area contributed by atoms with Crippen LogP contribution < -0.4 is 5.84 Å². The minimum absolute atomic E-state index is 0.109. The lowest BCUT2D eigenvalue weighted by molar-refractivity contribution is -0.385. The van der Waals surface area contributed by atoms with E-state index in [0.717, 1.165) is 11.1 Å². The van der Waals surface area contributed by atoms with Crippen molar-refractivity contribution in [3.05, 3.63) is 38.9 Å². The zero-order valence-corrected chi connectivity index (χ0v) is 10.3. The van der Waals surface area contributed by atoms with Crippen LogP contribution in [0.2, 0.25) is 0 Å². The fourth-order valence-electron chi connectivity index (χ4n) is 1.51. The van der Waals surface area contributed by atoms with Crippen molar-refractivity contribution in [3.8, 4) is 0 Å². The molecule has 1 rings (SSSR count). The predicted molar refractivity (Wildman–Crippen MR) is 67.9 cm³/mol. The molecule has 0 bridgehead atoms. The number of nitrogens with zero attached hydrogens (tertiary/aromatic N) is 3. The Hall–Kier alpha value is -1.89. The van der Waals surface area contributed by atoms with Crippen molar-refractivity contribution in [2.75, 3.05) is 0 Å². The van der Waals surface area contributed by atoms with Gasteiger partial charge in [0, 0.05) is 18.1 Å². The van der Waals surface area contributed by atoms with Gasteiger partial charge in [0.15, 0.2) is 0 Å². The van der Waals surface area contributed by atoms with Crippen LogP contribution in [0.3, 0.4) is 0 Å². The van der Waals surface area contributed by atoms with E-state index >= 15 is 0 Å². The average Bonchev–Trinajstić information content (AvgIpc) is 2.22. The average molecular weight is 252 g/mol. The molecule has 0 heterocycles. The summed E-state index contributed by atoms with van der Waals surface area (Å²) < 4.78 is 0. The van der Waals surface area contributed by atoms with Gasteiger partial charge in [-0.25, -0.2) is 0 Å². The van der Waals surface area contributed by atoms with Gasteiger partial charge in [-0.3, -0.25) is 10.1 Å². The largest absolute Gasteiger partial charge is 0.305 e. The Morgan fingerprint density at radius 1 is 1.47 bits per heavy atom. The Morgan fingerprint density at radius 2 is 2.12 bits per heavy atom. The summed E-state index contributed by atoms with van der Waals surface area (Å²) >= 11 is 4.95. The molecule has 0 aromatic heterocycles. The highest BCUT2D eigenvalue weighted by atomic mass is 32.1. The van der Waals surface area contributed by atoms with Crippen LogP contribution in [-0.4, -0.2) is 9.91 Å². The topological polar surface area (TPSA) is 93.9 Å². The molecule has 0 aliphatic heterocycles. The third-order valence-corrected chi connectivity index (χ3v) is 2.59. The molecule has 0 unspecified atom stereocenters. The van der Waals surface area contributed by atoms with E-state index in [1.807, 2.05) is 0 Å². The molecule has 0 fully saturated rings. The van der Waals surface area contributed by atoms with Crippen LogP contribution >= 0.6 is 12.2 Å². The van der Waals surface area contributed by atoms with Crippen molar-refractivity contribution in [3.63, 3.8) is 0 Å². The SMILES string of the molecule is Cc1cc([N+](=O)[O-])c(C)cc1CC(=S)N=NN. The monoisotopic (exact) mass is 252 g/mol. The first-order valence-corrected chi connectivity index (χ1v) is 5.24. The van der Waals surface area contributed by atoms with Crippen LogP contribution in [0.15, 0.2) is 22.5 Å². The first kappa shape index (κ1) is 13.2. The van der Waals surface area contributed by atoms with E-state index < -0.39 is 4.92 Å². The number of benzene rings is 1. The molecule has 6 nitrogen and oxygen atoms in total. The Balaban J connectivity index is 3.07. The molecule has 0 amide bonds. The minimum Gasteiger partial charge on any atom is -0.305 e. The molecule has 17 heavy (non-hydrogen) atoms. The van der Waals surface area contributed by atoms with E-state index in [-0.39, 0.29) is 5.69 Å². The first-order chi connectivity index (χ1) is 7.95. The van der Waals surface area contributed by atoms with Crippen LogP contribution in [0.25, 0.3) is 0 Å². The lowest BCUT2D eigenvalue weighted by Gasteiger charge is -2.06. The molecular weight excluding hydrogens is 240 g/mol. The number of hydrogen-bond donors (Lipinski definition) is 1. The maximum atomic E-state index is 10.7. The van der Waals surface area contributed by atoms with Crippen molar-refractivity contribution in [2.24, 2.45) is 16.2 Å². The van der Waals surface area contributed by atoms with Crippen molar-refractivity contribution < 1.29 is 4.92 Å². The molecule has 90 valence electrons. The van der Waals surface area contributed by atoms with Gasteiger partial charge in [0.25, 0.3) is 5.69 Å². The molecule has 0 aliphatic rings. The highest BCUT2D eigenvalue weighted by Gasteiger charge is 2.13. The predicted octanol–water partition coefficient (Wildman–Crippen LogP) is 2.41. The van der Waals surface area contributed by atoms with Gasteiger partial charge >= 0.3 is 0 Å². The standard InChI is InChI=1S/C10H12N4O2S/c1-6-4-9(14(15)16)7(2)3-8(6)5-10(17)12-13-11/h3-4H,5H2,1-2H3,(H2,11,12,17). The van der Waals surface area contributed by atoms with Crippen molar-refractivity contribution in [2.45, 2.75) is 20.3 Å². The summed E-state index contributed by atoms with van der Waals surface area (Å²) in [5.41, 5.74) is 2.41. The van der Waals surface area contributed by atoms with E-state index in [2.05, 4.69) is 10.3 Å². The normalized spacial score (nSPS) is 10.7. The van der Waals surface area contributed by atoms with Gasteiger partial charge in [0.05, 0.1) is 4.92 Å². The summed E-state index contributed by atoms with van der Waals surface area (Å²) in [5, 5.41) is 17.4. The van der Waals surface area contributed by atoms with E-state index in [0.29, 0.717) is 17.0 Å². The lowest BCUT2D eigenvalue weighted by Crippen LogP contribution is -2.01. The summed E-state index contributed by atoms with van der Waals surface area (Å²) in [4.78, 5) is 10.7. The summed E-state index contributed by atoms with van der Waals surface area (Å²) in [6, 6.07) is 3.28. The zero-order valence-electron chi connectivity index (χ0n) is 9.51. The fourth-order valence-corrected chi connectivity index (χ4v) is 1.71.